The van der Waals surface area contributed by atoms with Gasteiger partial charge in [-0.15, -0.1) is 11.6 Å². The fourth-order valence-electron chi connectivity index (χ4n) is 0.996. The van der Waals surface area contributed by atoms with Gasteiger partial charge in [0.2, 0.25) is 0 Å². The molecule has 0 radical (unpaired) electrons. The minimum Gasteiger partial charge on any atom is -0.493 e. The Bertz CT molecular complexity index is 376. The summed E-state index contributed by atoms with van der Waals surface area (Å²) in [4.78, 5) is 21.5. The predicted molar refractivity (Wildman–Crippen MR) is 54.7 cm³/mol. The lowest BCUT2D eigenvalue weighted by Crippen LogP contribution is -2.09. The normalized spacial score (nSPS) is 9.47. The van der Waals surface area contributed by atoms with E-state index >= 15 is 0 Å². The van der Waals surface area contributed by atoms with Crippen molar-refractivity contribution in [3.63, 3.8) is 0 Å². The molecule has 80 valence electrons. The number of hydrogen-bond donors (Lipinski definition) is 0. The summed E-state index contributed by atoms with van der Waals surface area (Å²) in [5.74, 6) is -0.293. The molecule has 0 heterocycles. The molecule has 5 heteroatoms. The standard InChI is InChI=1S/C10H9ClO4/c1-14-8-3-2-7(6-12)4-9(8)15-10(13)5-11/h2-4,6H,5H2,1H3. The van der Waals surface area contributed by atoms with Crippen LogP contribution < -0.4 is 9.47 Å². The number of ether oxygens (including phenoxy) is 2. The molecule has 0 aliphatic carbocycles. The van der Waals surface area contributed by atoms with Crippen molar-refractivity contribution in [2.75, 3.05) is 13.0 Å². The molecule has 0 unspecified atom stereocenters. The van der Waals surface area contributed by atoms with Crippen LogP contribution >= 0.6 is 11.6 Å². The Morgan fingerprint density at radius 1 is 1.47 bits per heavy atom. The molecule has 0 saturated carbocycles. The van der Waals surface area contributed by atoms with Gasteiger partial charge in [-0.3, -0.25) is 9.59 Å². The van der Waals surface area contributed by atoms with E-state index in [0.29, 0.717) is 17.6 Å². The van der Waals surface area contributed by atoms with Crippen LogP contribution in [0.3, 0.4) is 0 Å². The van der Waals surface area contributed by atoms with Crippen molar-refractivity contribution in [1.82, 2.24) is 0 Å². The smallest absolute Gasteiger partial charge is 0.326 e. The van der Waals surface area contributed by atoms with Crippen molar-refractivity contribution in [1.29, 1.82) is 0 Å². The number of halogens is 1. The van der Waals surface area contributed by atoms with Gasteiger partial charge in [0.15, 0.2) is 11.5 Å². The molecule has 1 rings (SSSR count). The van der Waals surface area contributed by atoms with E-state index in [1.54, 1.807) is 12.1 Å². The molecule has 0 aliphatic rings. The van der Waals surface area contributed by atoms with Crippen LogP contribution in [0.15, 0.2) is 18.2 Å². The zero-order valence-electron chi connectivity index (χ0n) is 8.03. The molecule has 0 fully saturated rings. The molecule has 0 spiro atoms. The van der Waals surface area contributed by atoms with E-state index in [1.807, 2.05) is 0 Å². The average molecular weight is 229 g/mol. The van der Waals surface area contributed by atoms with E-state index in [-0.39, 0.29) is 11.6 Å². The molecule has 0 saturated heterocycles. The first-order chi connectivity index (χ1) is 7.21. The molecular formula is C10H9ClO4. The second-order valence-corrected chi connectivity index (χ2v) is 2.90. The maximum Gasteiger partial charge on any atom is 0.326 e. The van der Waals surface area contributed by atoms with Gasteiger partial charge in [-0.05, 0) is 18.2 Å². The fraction of sp³-hybridized carbons (Fsp3) is 0.200. The lowest BCUT2D eigenvalue weighted by Gasteiger charge is -2.08. The minimum absolute atomic E-state index is 0.188. The maximum absolute atomic E-state index is 11.0. The van der Waals surface area contributed by atoms with E-state index in [1.165, 1.54) is 13.2 Å². The van der Waals surface area contributed by atoms with Crippen LogP contribution in [0.25, 0.3) is 0 Å². The van der Waals surface area contributed by atoms with Crippen molar-refractivity contribution < 1.29 is 19.1 Å². The van der Waals surface area contributed by atoms with Crippen molar-refractivity contribution in [2.24, 2.45) is 0 Å². The van der Waals surface area contributed by atoms with Crippen LogP contribution in [0.2, 0.25) is 0 Å². The molecule has 1 aromatic rings. The van der Waals surface area contributed by atoms with Gasteiger partial charge in [0.05, 0.1) is 7.11 Å². The third kappa shape index (κ3) is 2.95. The van der Waals surface area contributed by atoms with E-state index in [4.69, 9.17) is 21.1 Å². The van der Waals surface area contributed by atoms with Crippen LogP contribution in [0, 0.1) is 0 Å². The van der Waals surface area contributed by atoms with Crippen LogP contribution in [0.5, 0.6) is 11.5 Å². The Morgan fingerprint density at radius 3 is 2.73 bits per heavy atom. The molecule has 0 N–H and O–H groups in total. The van der Waals surface area contributed by atoms with Crippen LogP contribution in [-0.4, -0.2) is 25.2 Å². The Balaban J connectivity index is 3.00. The maximum atomic E-state index is 11.0. The zero-order chi connectivity index (χ0) is 11.3. The van der Waals surface area contributed by atoms with E-state index in [9.17, 15) is 9.59 Å². The summed E-state index contributed by atoms with van der Waals surface area (Å²) in [6.45, 7) is 0. The van der Waals surface area contributed by atoms with Crippen LogP contribution in [0.1, 0.15) is 10.4 Å². The fourth-order valence-corrected chi connectivity index (χ4v) is 1.05. The van der Waals surface area contributed by atoms with Crippen molar-refractivity contribution >= 4 is 23.9 Å². The molecule has 15 heavy (non-hydrogen) atoms. The second-order valence-electron chi connectivity index (χ2n) is 2.64. The topological polar surface area (TPSA) is 52.6 Å². The highest BCUT2D eigenvalue weighted by atomic mass is 35.5. The number of rotatable bonds is 4. The lowest BCUT2D eigenvalue weighted by molar-refractivity contribution is -0.131. The van der Waals surface area contributed by atoms with Crippen molar-refractivity contribution in [3.05, 3.63) is 23.8 Å². The third-order valence-electron chi connectivity index (χ3n) is 1.66. The number of carbonyl (C=O) groups is 2. The molecule has 4 nitrogen and oxygen atoms in total. The first-order valence-corrected chi connectivity index (χ1v) is 4.64. The Hall–Kier alpha value is -1.55. The van der Waals surface area contributed by atoms with Crippen LogP contribution in [0.4, 0.5) is 0 Å². The number of esters is 1. The van der Waals surface area contributed by atoms with Gasteiger partial charge in [-0.1, -0.05) is 0 Å². The first kappa shape index (κ1) is 11.5. The Labute approximate surface area is 91.7 Å². The number of methoxy groups -OCH3 is 1. The summed E-state index contributed by atoms with van der Waals surface area (Å²) in [5.41, 5.74) is 0.396. The molecule has 0 aromatic heterocycles. The quantitative estimate of drug-likeness (QED) is 0.340. The van der Waals surface area contributed by atoms with Gasteiger partial charge in [0.1, 0.15) is 12.2 Å². The Morgan fingerprint density at radius 2 is 2.20 bits per heavy atom. The predicted octanol–water partition coefficient (Wildman–Crippen LogP) is 1.65. The molecule has 0 aliphatic heterocycles. The van der Waals surface area contributed by atoms with E-state index < -0.39 is 5.97 Å². The zero-order valence-corrected chi connectivity index (χ0v) is 8.78. The summed E-state index contributed by atoms with van der Waals surface area (Å²) in [7, 11) is 1.44. The van der Waals surface area contributed by atoms with Crippen molar-refractivity contribution in [2.45, 2.75) is 0 Å². The first-order valence-electron chi connectivity index (χ1n) is 4.11. The van der Waals surface area contributed by atoms with Gasteiger partial charge in [-0.2, -0.15) is 0 Å². The summed E-state index contributed by atoms with van der Waals surface area (Å²) in [6, 6.07) is 4.51. The Kier molecular flexibility index (Phi) is 4.12. The number of aldehydes is 1. The SMILES string of the molecule is COc1ccc(C=O)cc1OC(=O)CCl. The van der Waals surface area contributed by atoms with E-state index in [2.05, 4.69) is 0 Å². The average Bonchev–Trinajstić information content (AvgIpc) is 2.28. The van der Waals surface area contributed by atoms with Crippen LogP contribution in [-0.2, 0) is 4.79 Å². The number of benzene rings is 1. The molecular weight excluding hydrogens is 220 g/mol. The summed E-state index contributed by atoms with van der Waals surface area (Å²) in [5, 5.41) is 0. The number of carbonyl (C=O) groups excluding carboxylic acids is 2. The third-order valence-corrected chi connectivity index (χ3v) is 1.87. The molecule has 1 aromatic carbocycles. The molecule has 0 amide bonds. The van der Waals surface area contributed by atoms with Gasteiger partial charge < -0.3 is 9.47 Å². The second kappa shape index (κ2) is 5.36. The minimum atomic E-state index is -0.599. The van der Waals surface area contributed by atoms with Gasteiger partial charge in [0, 0.05) is 5.56 Å². The summed E-state index contributed by atoms with van der Waals surface area (Å²) >= 11 is 5.29. The highest BCUT2D eigenvalue weighted by Gasteiger charge is 2.09. The van der Waals surface area contributed by atoms with Gasteiger partial charge in [0.25, 0.3) is 0 Å². The van der Waals surface area contributed by atoms with E-state index in [0.717, 1.165) is 0 Å². The van der Waals surface area contributed by atoms with Gasteiger partial charge in [-0.25, -0.2) is 0 Å². The summed E-state index contributed by atoms with van der Waals surface area (Å²) < 4.78 is 9.83. The van der Waals surface area contributed by atoms with Gasteiger partial charge >= 0.3 is 5.97 Å². The van der Waals surface area contributed by atoms with Crippen molar-refractivity contribution in [3.8, 4) is 11.5 Å². The number of hydrogen-bond acceptors (Lipinski definition) is 4. The highest BCUT2D eigenvalue weighted by Crippen LogP contribution is 2.27. The summed E-state index contributed by atoms with van der Waals surface area (Å²) in [6.07, 6.45) is 0.650. The molecule has 0 bridgehead atoms. The largest absolute Gasteiger partial charge is 0.493 e. The number of alkyl halides is 1. The highest BCUT2D eigenvalue weighted by molar-refractivity contribution is 6.26. The monoisotopic (exact) mass is 228 g/mol. The lowest BCUT2D eigenvalue weighted by atomic mass is 10.2. The molecule has 0 atom stereocenters.